The summed E-state index contributed by atoms with van der Waals surface area (Å²) in [6, 6.07) is 6.82. The molecular weight excluding hydrogens is 278 g/mol. The van der Waals surface area contributed by atoms with E-state index in [2.05, 4.69) is 10.3 Å². The summed E-state index contributed by atoms with van der Waals surface area (Å²) in [5, 5.41) is 2.64. The third-order valence-electron chi connectivity index (χ3n) is 2.66. The van der Waals surface area contributed by atoms with Crippen LogP contribution < -0.4 is 10.1 Å². The Morgan fingerprint density at radius 2 is 1.90 bits per heavy atom. The van der Waals surface area contributed by atoms with E-state index in [1.165, 1.54) is 30.5 Å². The lowest BCUT2D eigenvalue weighted by atomic mass is 10.2. The van der Waals surface area contributed by atoms with Crippen LogP contribution >= 0.6 is 0 Å². The van der Waals surface area contributed by atoms with Gasteiger partial charge in [-0.3, -0.25) is 9.78 Å². The highest BCUT2D eigenvalue weighted by Crippen LogP contribution is 2.11. The molecule has 0 saturated carbocycles. The van der Waals surface area contributed by atoms with Gasteiger partial charge in [0.15, 0.2) is 0 Å². The van der Waals surface area contributed by atoms with E-state index in [-0.39, 0.29) is 17.3 Å². The van der Waals surface area contributed by atoms with Crippen molar-refractivity contribution in [2.24, 2.45) is 0 Å². The molecule has 1 aromatic carbocycles. The van der Waals surface area contributed by atoms with Crippen molar-refractivity contribution in [3.05, 3.63) is 59.9 Å². The maximum atomic E-state index is 12.9. The van der Waals surface area contributed by atoms with Crippen LogP contribution in [0.4, 0.5) is 8.78 Å². The standard InChI is InChI=1S/C15H14F2N2O2/c16-12-2-4-14(5-3-12)21-7-1-6-19-15(20)11-8-13(17)10-18-9-11/h2-5,8-10H,1,6-7H2,(H,19,20). The molecule has 0 aliphatic carbocycles. The van der Waals surface area contributed by atoms with E-state index in [4.69, 9.17) is 4.74 Å². The zero-order valence-corrected chi connectivity index (χ0v) is 11.2. The van der Waals surface area contributed by atoms with Crippen LogP contribution in [-0.4, -0.2) is 24.0 Å². The topological polar surface area (TPSA) is 51.2 Å². The smallest absolute Gasteiger partial charge is 0.252 e. The Hall–Kier alpha value is -2.50. The van der Waals surface area contributed by atoms with Crippen molar-refractivity contribution < 1.29 is 18.3 Å². The molecule has 6 heteroatoms. The Labute approximate surface area is 120 Å². The van der Waals surface area contributed by atoms with Gasteiger partial charge in [-0.25, -0.2) is 8.78 Å². The first kappa shape index (κ1) is 14.9. The molecule has 0 atom stereocenters. The van der Waals surface area contributed by atoms with Crippen molar-refractivity contribution >= 4 is 5.91 Å². The van der Waals surface area contributed by atoms with Crippen LogP contribution in [0, 0.1) is 11.6 Å². The quantitative estimate of drug-likeness (QED) is 0.832. The average molecular weight is 292 g/mol. The first-order valence-electron chi connectivity index (χ1n) is 6.42. The number of hydrogen-bond acceptors (Lipinski definition) is 3. The van der Waals surface area contributed by atoms with E-state index in [0.29, 0.717) is 25.3 Å². The van der Waals surface area contributed by atoms with Gasteiger partial charge in [0.2, 0.25) is 0 Å². The van der Waals surface area contributed by atoms with Crippen molar-refractivity contribution in [1.82, 2.24) is 10.3 Å². The van der Waals surface area contributed by atoms with Crippen LogP contribution in [0.2, 0.25) is 0 Å². The number of carbonyl (C=O) groups is 1. The monoisotopic (exact) mass is 292 g/mol. The van der Waals surface area contributed by atoms with Crippen LogP contribution in [-0.2, 0) is 0 Å². The summed E-state index contributed by atoms with van der Waals surface area (Å²) < 4.78 is 30.9. The molecule has 0 spiro atoms. The second-order valence-electron chi connectivity index (χ2n) is 4.30. The molecule has 0 aliphatic heterocycles. The van der Waals surface area contributed by atoms with Gasteiger partial charge in [-0.15, -0.1) is 0 Å². The van der Waals surface area contributed by atoms with E-state index < -0.39 is 5.82 Å². The number of benzene rings is 1. The molecule has 1 aromatic heterocycles. The Balaban J connectivity index is 1.68. The number of nitrogens with one attached hydrogen (secondary N) is 1. The van der Waals surface area contributed by atoms with Crippen LogP contribution in [0.25, 0.3) is 0 Å². The molecule has 0 aliphatic rings. The van der Waals surface area contributed by atoms with Crippen LogP contribution in [0.3, 0.4) is 0 Å². The average Bonchev–Trinajstić information content (AvgIpc) is 2.48. The van der Waals surface area contributed by atoms with Gasteiger partial charge in [0, 0.05) is 12.7 Å². The van der Waals surface area contributed by atoms with E-state index in [9.17, 15) is 13.6 Å². The minimum absolute atomic E-state index is 0.175. The normalized spacial score (nSPS) is 10.2. The van der Waals surface area contributed by atoms with E-state index in [1.807, 2.05) is 0 Å². The van der Waals surface area contributed by atoms with Gasteiger partial charge in [-0.1, -0.05) is 0 Å². The molecule has 1 N–H and O–H groups in total. The van der Waals surface area contributed by atoms with E-state index in [1.54, 1.807) is 0 Å². The van der Waals surface area contributed by atoms with E-state index in [0.717, 1.165) is 12.3 Å². The van der Waals surface area contributed by atoms with E-state index >= 15 is 0 Å². The molecule has 110 valence electrons. The molecular formula is C15H14F2N2O2. The molecule has 2 aromatic rings. The minimum atomic E-state index is -0.553. The maximum Gasteiger partial charge on any atom is 0.252 e. The summed E-state index contributed by atoms with van der Waals surface area (Å²) in [4.78, 5) is 15.3. The fourth-order valence-electron chi connectivity index (χ4n) is 1.63. The fraction of sp³-hybridized carbons (Fsp3) is 0.200. The van der Waals surface area contributed by atoms with Crippen molar-refractivity contribution in [2.45, 2.75) is 6.42 Å². The number of halogens is 2. The van der Waals surface area contributed by atoms with Crippen LogP contribution in [0.1, 0.15) is 16.8 Å². The largest absolute Gasteiger partial charge is 0.494 e. The van der Waals surface area contributed by atoms with Crippen molar-refractivity contribution in [3.63, 3.8) is 0 Å². The Bertz CT molecular complexity index is 603. The molecule has 21 heavy (non-hydrogen) atoms. The summed E-state index contributed by atoms with van der Waals surface area (Å²) in [6.45, 7) is 0.768. The van der Waals surface area contributed by atoms with Gasteiger partial charge in [0.1, 0.15) is 17.4 Å². The minimum Gasteiger partial charge on any atom is -0.494 e. The highest BCUT2D eigenvalue weighted by atomic mass is 19.1. The third-order valence-corrected chi connectivity index (χ3v) is 2.66. The van der Waals surface area contributed by atoms with Crippen molar-refractivity contribution in [1.29, 1.82) is 0 Å². The number of ether oxygens (including phenoxy) is 1. The first-order valence-corrected chi connectivity index (χ1v) is 6.42. The summed E-state index contributed by atoms with van der Waals surface area (Å²) >= 11 is 0. The number of carbonyl (C=O) groups excluding carboxylic acids is 1. The summed E-state index contributed by atoms with van der Waals surface area (Å²) in [5.41, 5.74) is 0.175. The van der Waals surface area contributed by atoms with Crippen molar-refractivity contribution in [3.8, 4) is 5.75 Å². The summed E-state index contributed by atoms with van der Waals surface area (Å²) in [7, 11) is 0. The van der Waals surface area contributed by atoms with Gasteiger partial charge >= 0.3 is 0 Å². The summed E-state index contributed by atoms with van der Waals surface area (Å²) in [6.07, 6.45) is 2.91. The van der Waals surface area contributed by atoms with Gasteiger partial charge in [-0.05, 0) is 36.8 Å². The predicted molar refractivity (Wildman–Crippen MR) is 73.0 cm³/mol. The molecule has 4 nitrogen and oxygen atoms in total. The molecule has 0 fully saturated rings. The lowest BCUT2D eigenvalue weighted by Crippen LogP contribution is -2.25. The molecule has 1 heterocycles. The molecule has 2 rings (SSSR count). The predicted octanol–water partition coefficient (Wildman–Crippen LogP) is 2.56. The zero-order chi connectivity index (χ0) is 15.1. The van der Waals surface area contributed by atoms with Crippen molar-refractivity contribution in [2.75, 3.05) is 13.2 Å². The second-order valence-corrected chi connectivity index (χ2v) is 4.30. The molecule has 0 unspecified atom stereocenters. The first-order chi connectivity index (χ1) is 10.1. The number of rotatable bonds is 6. The van der Waals surface area contributed by atoms with Crippen LogP contribution in [0.5, 0.6) is 5.75 Å². The summed E-state index contributed by atoms with van der Waals surface area (Å²) in [5.74, 6) is -0.693. The van der Waals surface area contributed by atoms with Gasteiger partial charge in [-0.2, -0.15) is 0 Å². The fourth-order valence-corrected chi connectivity index (χ4v) is 1.63. The molecule has 0 radical (unpaired) electrons. The third kappa shape index (κ3) is 4.83. The second kappa shape index (κ2) is 7.33. The Kier molecular flexibility index (Phi) is 5.20. The maximum absolute atomic E-state index is 12.9. The number of hydrogen-bond donors (Lipinski definition) is 1. The Morgan fingerprint density at radius 1 is 1.14 bits per heavy atom. The lowest BCUT2D eigenvalue weighted by molar-refractivity contribution is 0.0950. The molecule has 0 bridgehead atoms. The van der Waals surface area contributed by atoms with Gasteiger partial charge in [0.25, 0.3) is 5.91 Å². The lowest BCUT2D eigenvalue weighted by Gasteiger charge is -2.07. The zero-order valence-electron chi connectivity index (χ0n) is 11.2. The SMILES string of the molecule is O=C(NCCCOc1ccc(F)cc1)c1cncc(F)c1. The van der Waals surface area contributed by atoms with Gasteiger partial charge < -0.3 is 10.1 Å². The molecule has 0 saturated heterocycles. The number of aromatic nitrogens is 1. The van der Waals surface area contributed by atoms with Gasteiger partial charge in [0.05, 0.1) is 18.4 Å². The highest BCUT2D eigenvalue weighted by Gasteiger charge is 2.06. The molecule has 1 amide bonds. The number of nitrogens with zero attached hydrogens (tertiary/aromatic N) is 1. The highest BCUT2D eigenvalue weighted by molar-refractivity contribution is 5.93. The number of pyridine rings is 1. The van der Waals surface area contributed by atoms with Crippen LogP contribution in [0.15, 0.2) is 42.7 Å². The number of amides is 1. The Morgan fingerprint density at radius 3 is 2.62 bits per heavy atom.